The fourth-order valence-corrected chi connectivity index (χ4v) is 2.24. The fraction of sp³-hybridized carbons (Fsp3) is 0.250. The van der Waals surface area contributed by atoms with E-state index < -0.39 is 0 Å². The van der Waals surface area contributed by atoms with E-state index >= 15 is 0 Å². The number of rotatable bonds is 4. The number of hydrogen-bond donors (Lipinski definition) is 1. The molecule has 18 heavy (non-hydrogen) atoms. The summed E-state index contributed by atoms with van der Waals surface area (Å²) in [6, 6.07) is 16.9. The van der Waals surface area contributed by atoms with E-state index in [2.05, 4.69) is 61.2 Å². The first kappa shape index (κ1) is 12.7. The zero-order valence-corrected chi connectivity index (χ0v) is 11.1. The predicted molar refractivity (Wildman–Crippen MR) is 78.2 cm³/mol. The highest BCUT2D eigenvalue weighted by atomic mass is 15.1. The number of anilines is 2. The van der Waals surface area contributed by atoms with Gasteiger partial charge in [-0.15, -0.1) is 0 Å². The summed E-state index contributed by atoms with van der Waals surface area (Å²) in [7, 11) is 0. The lowest BCUT2D eigenvalue weighted by Gasteiger charge is -2.26. The van der Waals surface area contributed by atoms with E-state index in [0.29, 0.717) is 6.54 Å². The van der Waals surface area contributed by atoms with Gasteiger partial charge in [0.2, 0.25) is 0 Å². The SMILES string of the molecule is CCN(c1ccccc1)c1ccc(C)cc1CN. The molecule has 0 saturated heterocycles. The zero-order valence-electron chi connectivity index (χ0n) is 11.1. The van der Waals surface area contributed by atoms with Gasteiger partial charge in [0.1, 0.15) is 0 Å². The van der Waals surface area contributed by atoms with Gasteiger partial charge in [0, 0.05) is 24.5 Å². The van der Waals surface area contributed by atoms with Crippen LogP contribution in [0.2, 0.25) is 0 Å². The van der Waals surface area contributed by atoms with Gasteiger partial charge < -0.3 is 10.6 Å². The summed E-state index contributed by atoms with van der Waals surface area (Å²) in [5.74, 6) is 0. The van der Waals surface area contributed by atoms with Crippen molar-refractivity contribution in [2.24, 2.45) is 5.73 Å². The van der Waals surface area contributed by atoms with Crippen LogP contribution in [0.3, 0.4) is 0 Å². The first-order valence-electron chi connectivity index (χ1n) is 6.38. The summed E-state index contributed by atoms with van der Waals surface area (Å²) in [6.45, 7) is 5.76. The molecule has 2 heteroatoms. The Labute approximate surface area is 109 Å². The molecule has 0 bridgehead atoms. The molecule has 0 fully saturated rings. The minimum Gasteiger partial charge on any atom is -0.342 e. The molecule has 2 rings (SSSR count). The van der Waals surface area contributed by atoms with Crippen LogP contribution in [0.4, 0.5) is 11.4 Å². The van der Waals surface area contributed by atoms with E-state index in [1.54, 1.807) is 0 Å². The van der Waals surface area contributed by atoms with Crippen LogP contribution in [0.1, 0.15) is 18.1 Å². The normalized spacial score (nSPS) is 10.4. The van der Waals surface area contributed by atoms with Crippen LogP contribution in [0.25, 0.3) is 0 Å². The molecule has 0 radical (unpaired) electrons. The molecule has 2 N–H and O–H groups in total. The van der Waals surface area contributed by atoms with E-state index in [-0.39, 0.29) is 0 Å². The molecule has 2 nitrogen and oxygen atoms in total. The van der Waals surface area contributed by atoms with Gasteiger partial charge in [0.25, 0.3) is 0 Å². The van der Waals surface area contributed by atoms with Crippen molar-refractivity contribution in [1.82, 2.24) is 0 Å². The van der Waals surface area contributed by atoms with Crippen LogP contribution < -0.4 is 10.6 Å². The maximum atomic E-state index is 5.86. The molecule has 2 aromatic carbocycles. The fourth-order valence-electron chi connectivity index (χ4n) is 2.24. The third kappa shape index (κ3) is 2.54. The lowest BCUT2D eigenvalue weighted by atomic mass is 10.1. The molecule has 0 amide bonds. The Morgan fingerprint density at radius 3 is 2.39 bits per heavy atom. The monoisotopic (exact) mass is 240 g/mol. The third-order valence-electron chi connectivity index (χ3n) is 3.13. The Bertz CT molecular complexity index is 506. The van der Waals surface area contributed by atoms with E-state index in [0.717, 1.165) is 6.54 Å². The Hall–Kier alpha value is -1.80. The van der Waals surface area contributed by atoms with Gasteiger partial charge >= 0.3 is 0 Å². The molecule has 94 valence electrons. The standard InChI is InChI=1S/C16H20N2/c1-3-18(15-7-5-4-6-8-15)16-10-9-13(2)11-14(16)12-17/h4-11H,3,12,17H2,1-2H3. The number of hydrogen-bond acceptors (Lipinski definition) is 2. The van der Waals surface area contributed by atoms with Crippen molar-refractivity contribution in [1.29, 1.82) is 0 Å². The highest BCUT2D eigenvalue weighted by molar-refractivity contribution is 5.66. The molecule has 0 aromatic heterocycles. The highest BCUT2D eigenvalue weighted by Crippen LogP contribution is 2.28. The number of nitrogens with zero attached hydrogens (tertiary/aromatic N) is 1. The number of aryl methyl sites for hydroxylation is 1. The van der Waals surface area contributed by atoms with Crippen LogP contribution in [-0.4, -0.2) is 6.54 Å². The van der Waals surface area contributed by atoms with Gasteiger partial charge in [-0.2, -0.15) is 0 Å². The highest BCUT2D eigenvalue weighted by Gasteiger charge is 2.10. The summed E-state index contributed by atoms with van der Waals surface area (Å²) in [5, 5.41) is 0. The second-order valence-corrected chi connectivity index (χ2v) is 4.42. The van der Waals surface area contributed by atoms with Crippen molar-refractivity contribution in [3.63, 3.8) is 0 Å². The van der Waals surface area contributed by atoms with Crippen LogP contribution in [0, 0.1) is 6.92 Å². The molecule has 0 aliphatic carbocycles. The van der Waals surface area contributed by atoms with Crippen LogP contribution in [0.15, 0.2) is 48.5 Å². The second kappa shape index (κ2) is 5.69. The summed E-state index contributed by atoms with van der Waals surface area (Å²) in [6.07, 6.45) is 0. The summed E-state index contributed by atoms with van der Waals surface area (Å²) >= 11 is 0. The zero-order chi connectivity index (χ0) is 13.0. The van der Waals surface area contributed by atoms with Gasteiger partial charge in [-0.3, -0.25) is 0 Å². The van der Waals surface area contributed by atoms with Crippen molar-refractivity contribution < 1.29 is 0 Å². The molecular weight excluding hydrogens is 220 g/mol. The van der Waals surface area contributed by atoms with Gasteiger partial charge in [0.15, 0.2) is 0 Å². The van der Waals surface area contributed by atoms with Gasteiger partial charge in [-0.25, -0.2) is 0 Å². The summed E-state index contributed by atoms with van der Waals surface area (Å²) < 4.78 is 0. The van der Waals surface area contributed by atoms with Crippen molar-refractivity contribution in [2.75, 3.05) is 11.4 Å². The van der Waals surface area contributed by atoms with E-state index in [9.17, 15) is 0 Å². The molecule has 0 spiro atoms. The molecule has 0 unspecified atom stereocenters. The second-order valence-electron chi connectivity index (χ2n) is 4.42. The number of benzene rings is 2. The Morgan fingerprint density at radius 2 is 1.78 bits per heavy atom. The van der Waals surface area contributed by atoms with Crippen molar-refractivity contribution in [2.45, 2.75) is 20.4 Å². The van der Waals surface area contributed by atoms with Gasteiger partial charge in [-0.1, -0.05) is 35.9 Å². The quantitative estimate of drug-likeness (QED) is 0.884. The summed E-state index contributed by atoms with van der Waals surface area (Å²) in [4.78, 5) is 2.29. The first-order valence-corrected chi connectivity index (χ1v) is 6.38. The molecule has 2 aromatic rings. The minimum atomic E-state index is 0.570. The third-order valence-corrected chi connectivity index (χ3v) is 3.13. The number of para-hydroxylation sites is 1. The maximum Gasteiger partial charge on any atom is 0.0456 e. The van der Waals surface area contributed by atoms with Gasteiger partial charge in [-0.05, 0) is 37.6 Å². The van der Waals surface area contributed by atoms with E-state index in [4.69, 9.17) is 5.73 Å². The Balaban J connectivity index is 2.45. The average Bonchev–Trinajstić information content (AvgIpc) is 2.42. The minimum absolute atomic E-state index is 0.570. The first-order chi connectivity index (χ1) is 8.76. The molecular formula is C16H20N2. The van der Waals surface area contributed by atoms with Crippen LogP contribution in [-0.2, 0) is 6.54 Å². The maximum absolute atomic E-state index is 5.86. The molecule has 0 aliphatic rings. The van der Waals surface area contributed by atoms with E-state index in [1.807, 2.05) is 6.07 Å². The largest absolute Gasteiger partial charge is 0.342 e. The van der Waals surface area contributed by atoms with Crippen LogP contribution in [0.5, 0.6) is 0 Å². The molecule has 0 heterocycles. The predicted octanol–water partition coefficient (Wildman–Crippen LogP) is 3.61. The molecule has 0 saturated carbocycles. The molecule has 0 atom stereocenters. The van der Waals surface area contributed by atoms with Crippen molar-refractivity contribution in [3.05, 3.63) is 59.7 Å². The average molecular weight is 240 g/mol. The smallest absolute Gasteiger partial charge is 0.0456 e. The van der Waals surface area contributed by atoms with E-state index in [1.165, 1.54) is 22.5 Å². The van der Waals surface area contributed by atoms with Crippen molar-refractivity contribution in [3.8, 4) is 0 Å². The lowest BCUT2D eigenvalue weighted by Crippen LogP contribution is -2.18. The topological polar surface area (TPSA) is 29.3 Å². The number of nitrogens with two attached hydrogens (primary N) is 1. The van der Waals surface area contributed by atoms with Gasteiger partial charge in [0.05, 0.1) is 0 Å². The van der Waals surface area contributed by atoms with Crippen molar-refractivity contribution >= 4 is 11.4 Å². The Morgan fingerprint density at radius 1 is 1.06 bits per heavy atom. The Kier molecular flexibility index (Phi) is 4.00. The molecule has 0 aliphatic heterocycles. The summed E-state index contributed by atoms with van der Waals surface area (Å²) in [5.41, 5.74) is 10.7. The lowest BCUT2D eigenvalue weighted by molar-refractivity contribution is 0.981. The van der Waals surface area contributed by atoms with Crippen LogP contribution >= 0.6 is 0 Å².